The summed E-state index contributed by atoms with van der Waals surface area (Å²) in [5.41, 5.74) is 0.805. The van der Waals surface area contributed by atoms with E-state index in [1.54, 1.807) is 26.1 Å². The molecule has 0 aromatic heterocycles. The minimum Gasteiger partial charge on any atom is -0.486 e. The van der Waals surface area contributed by atoms with Crippen molar-refractivity contribution in [3.63, 3.8) is 0 Å². The zero-order valence-electron chi connectivity index (χ0n) is 16.9. The molecule has 0 fully saturated rings. The molecule has 0 radical (unpaired) electrons. The van der Waals surface area contributed by atoms with E-state index in [0.717, 1.165) is 11.5 Å². The first-order valence-corrected chi connectivity index (χ1v) is 9.44. The molecule has 2 aromatic rings. The number of benzene rings is 2. The van der Waals surface area contributed by atoms with Gasteiger partial charge in [0, 0.05) is 25.7 Å². The molecule has 3 N–H and O–H groups in total. The van der Waals surface area contributed by atoms with Crippen LogP contribution in [-0.2, 0) is 0 Å². The van der Waals surface area contributed by atoms with E-state index in [2.05, 4.69) is 20.9 Å². The van der Waals surface area contributed by atoms with E-state index in [0.29, 0.717) is 43.3 Å². The maximum atomic E-state index is 13.6. The largest absolute Gasteiger partial charge is 0.486 e. The van der Waals surface area contributed by atoms with Gasteiger partial charge in [0.25, 0.3) is 5.91 Å². The number of aliphatic imine (C=N–C) groups is 1. The Balaban J connectivity index is 0.00000320. The summed E-state index contributed by atoms with van der Waals surface area (Å²) < 4.78 is 25.1. The molecule has 2 aromatic carbocycles. The molecule has 9 heteroatoms. The summed E-state index contributed by atoms with van der Waals surface area (Å²) in [6.07, 6.45) is -0.139. The number of amides is 1. The Labute approximate surface area is 192 Å². The molecule has 1 aliphatic rings. The van der Waals surface area contributed by atoms with Gasteiger partial charge in [-0.3, -0.25) is 9.79 Å². The van der Waals surface area contributed by atoms with E-state index in [1.807, 2.05) is 24.3 Å². The Morgan fingerprint density at radius 2 is 1.87 bits per heavy atom. The summed E-state index contributed by atoms with van der Waals surface area (Å²) in [4.78, 5) is 16.2. The SMILES string of the molecule is CN=C(NCCNC(=O)c1ccc(C)c(F)c1)NCC1COc2ccccc2O1.I. The van der Waals surface area contributed by atoms with Crippen molar-refractivity contribution in [2.24, 2.45) is 4.99 Å². The standard InChI is InChI=1S/C21H25FN4O3.HI/c1-14-7-8-15(11-17(14)22)20(27)24-9-10-25-21(23-2)26-12-16-13-28-18-5-3-4-6-19(18)29-16;/h3-8,11,16H,9-10,12-13H2,1-2H3,(H,24,27)(H2,23,25,26);1H. The lowest BCUT2D eigenvalue weighted by Crippen LogP contribution is -2.46. The summed E-state index contributed by atoms with van der Waals surface area (Å²) >= 11 is 0. The molecule has 3 rings (SSSR count). The Hall–Kier alpha value is -2.56. The Bertz CT molecular complexity index is 894. The molecule has 1 unspecified atom stereocenters. The monoisotopic (exact) mass is 528 g/mol. The van der Waals surface area contributed by atoms with Crippen LogP contribution >= 0.6 is 24.0 Å². The second kappa shape index (κ2) is 11.6. The molecule has 7 nitrogen and oxygen atoms in total. The smallest absolute Gasteiger partial charge is 0.251 e. The van der Waals surface area contributed by atoms with Crippen LogP contribution in [0.4, 0.5) is 4.39 Å². The van der Waals surface area contributed by atoms with Crippen LogP contribution in [0.15, 0.2) is 47.5 Å². The number of guanidine groups is 1. The zero-order valence-corrected chi connectivity index (χ0v) is 19.2. The molecule has 0 aliphatic carbocycles. The van der Waals surface area contributed by atoms with E-state index < -0.39 is 5.82 Å². The highest BCUT2D eigenvalue weighted by Gasteiger charge is 2.20. The summed E-state index contributed by atoms with van der Waals surface area (Å²) in [6.45, 7) is 3.45. The summed E-state index contributed by atoms with van der Waals surface area (Å²) in [5.74, 6) is 1.35. The normalized spacial score (nSPS) is 15.0. The first kappa shape index (κ1) is 23.7. The van der Waals surface area contributed by atoms with Crippen LogP contribution < -0.4 is 25.4 Å². The first-order chi connectivity index (χ1) is 14.1. The van der Waals surface area contributed by atoms with Gasteiger partial charge in [-0.1, -0.05) is 18.2 Å². The van der Waals surface area contributed by atoms with Crippen LogP contribution in [0.1, 0.15) is 15.9 Å². The van der Waals surface area contributed by atoms with Crippen LogP contribution in [0, 0.1) is 12.7 Å². The van der Waals surface area contributed by atoms with Gasteiger partial charge in [0.2, 0.25) is 0 Å². The number of nitrogens with one attached hydrogen (secondary N) is 3. The van der Waals surface area contributed by atoms with E-state index in [1.165, 1.54) is 6.07 Å². The fourth-order valence-corrected chi connectivity index (χ4v) is 2.79. The number of hydrogen-bond donors (Lipinski definition) is 3. The molecule has 1 aliphatic heterocycles. The summed E-state index contributed by atoms with van der Waals surface area (Å²) in [5, 5.41) is 9.03. The number of ether oxygens (including phenoxy) is 2. The lowest BCUT2D eigenvalue weighted by molar-refractivity contribution is 0.0936. The van der Waals surface area contributed by atoms with E-state index in [4.69, 9.17) is 9.47 Å². The maximum absolute atomic E-state index is 13.6. The van der Waals surface area contributed by atoms with Crippen LogP contribution in [0.5, 0.6) is 11.5 Å². The van der Waals surface area contributed by atoms with Crippen molar-refractivity contribution in [3.8, 4) is 11.5 Å². The average Bonchev–Trinajstić information content (AvgIpc) is 2.74. The van der Waals surface area contributed by atoms with Gasteiger partial charge in [-0.05, 0) is 36.8 Å². The summed E-state index contributed by atoms with van der Waals surface area (Å²) in [7, 11) is 1.66. The minimum absolute atomic E-state index is 0. The third-order valence-electron chi connectivity index (χ3n) is 4.43. The number of fused-ring (bicyclic) bond motifs is 1. The molecule has 0 saturated carbocycles. The van der Waals surface area contributed by atoms with E-state index in [-0.39, 0.29) is 36.0 Å². The van der Waals surface area contributed by atoms with Gasteiger partial charge >= 0.3 is 0 Å². The van der Waals surface area contributed by atoms with E-state index >= 15 is 0 Å². The molecular formula is C21H26FIN4O3. The van der Waals surface area contributed by atoms with Crippen molar-refractivity contribution in [1.29, 1.82) is 0 Å². The zero-order chi connectivity index (χ0) is 20.6. The van der Waals surface area contributed by atoms with Crippen molar-refractivity contribution in [1.82, 2.24) is 16.0 Å². The molecule has 0 bridgehead atoms. The lowest BCUT2D eigenvalue weighted by atomic mass is 10.1. The van der Waals surface area contributed by atoms with E-state index in [9.17, 15) is 9.18 Å². The molecule has 1 amide bonds. The fraction of sp³-hybridized carbons (Fsp3) is 0.333. The van der Waals surface area contributed by atoms with Gasteiger partial charge in [0.15, 0.2) is 17.5 Å². The number of nitrogens with zero attached hydrogens (tertiary/aromatic N) is 1. The van der Waals surface area contributed by atoms with Crippen molar-refractivity contribution in [3.05, 3.63) is 59.4 Å². The quantitative estimate of drug-likeness (QED) is 0.232. The molecule has 1 heterocycles. The molecule has 0 saturated heterocycles. The van der Waals surface area contributed by atoms with Crippen LogP contribution in [-0.4, -0.2) is 51.3 Å². The van der Waals surface area contributed by atoms with Crippen molar-refractivity contribution >= 4 is 35.8 Å². The van der Waals surface area contributed by atoms with Gasteiger partial charge < -0.3 is 25.4 Å². The van der Waals surface area contributed by atoms with Crippen molar-refractivity contribution in [2.75, 3.05) is 33.3 Å². The highest BCUT2D eigenvalue weighted by Crippen LogP contribution is 2.30. The molecule has 162 valence electrons. The Morgan fingerprint density at radius 1 is 1.13 bits per heavy atom. The third kappa shape index (κ3) is 6.48. The summed E-state index contributed by atoms with van der Waals surface area (Å²) in [6, 6.07) is 12.0. The van der Waals surface area contributed by atoms with Crippen LogP contribution in [0.2, 0.25) is 0 Å². The number of hydrogen-bond acceptors (Lipinski definition) is 4. The van der Waals surface area contributed by atoms with Gasteiger partial charge in [-0.2, -0.15) is 0 Å². The second-order valence-electron chi connectivity index (χ2n) is 6.60. The number of carbonyl (C=O) groups is 1. The first-order valence-electron chi connectivity index (χ1n) is 9.44. The molecule has 0 spiro atoms. The third-order valence-corrected chi connectivity index (χ3v) is 4.43. The molecule has 1 atom stereocenters. The predicted octanol–water partition coefficient (Wildman–Crippen LogP) is 2.49. The van der Waals surface area contributed by atoms with Gasteiger partial charge in [-0.15, -0.1) is 24.0 Å². The Kier molecular flexibility index (Phi) is 9.15. The number of rotatable bonds is 6. The average molecular weight is 528 g/mol. The number of aryl methyl sites for hydroxylation is 1. The van der Waals surface area contributed by atoms with Crippen molar-refractivity contribution < 1.29 is 18.7 Å². The van der Waals surface area contributed by atoms with Crippen LogP contribution in [0.25, 0.3) is 0 Å². The number of para-hydroxylation sites is 2. The molecular weight excluding hydrogens is 502 g/mol. The Morgan fingerprint density at radius 3 is 2.60 bits per heavy atom. The van der Waals surface area contributed by atoms with Crippen molar-refractivity contribution in [2.45, 2.75) is 13.0 Å². The highest BCUT2D eigenvalue weighted by atomic mass is 127. The fourth-order valence-electron chi connectivity index (χ4n) is 2.79. The molecule has 30 heavy (non-hydrogen) atoms. The lowest BCUT2D eigenvalue weighted by Gasteiger charge is -2.27. The number of carbonyl (C=O) groups excluding carboxylic acids is 1. The van der Waals surface area contributed by atoms with Crippen LogP contribution in [0.3, 0.4) is 0 Å². The predicted molar refractivity (Wildman–Crippen MR) is 125 cm³/mol. The second-order valence-corrected chi connectivity index (χ2v) is 6.60. The minimum atomic E-state index is -0.392. The highest BCUT2D eigenvalue weighted by molar-refractivity contribution is 14.0. The van der Waals surface area contributed by atoms with Gasteiger partial charge in [0.05, 0.1) is 6.54 Å². The van der Waals surface area contributed by atoms with Gasteiger partial charge in [-0.25, -0.2) is 4.39 Å². The topological polar surface area (TPSA) is 84.0 Å². The van der Waals surface area contributed by atoms with Gasteiger partial charge in [0.1, 0.15) is 18.5 Å². The maximum Gasteiger partial charge on any atom is 0.251 e. The number of halogens is 2.